The predicted octanol–water partition coefficient (Wildman–Crippen LogP) is 2.24. The molecule has 120 valence electrons. The Balaban J connectivity index is 1.95. The van der Waals surface area contributed by atoms with Crippen LogP contribution in [0.1, 0.15) is 19.5 Å². The first kappa shape index (κ1) is 16.6. The predicted molar refractivity (Wildman–Crippen MR) is 89.5 cm³/mol. The van der Waals surface area contributed by atoms with Crippen molar-refractivity contribution in [3.63, 3.8) is 0 Å². The van der Waals surface area contributed by atoms with Gasteiger partial charge in [0.1, 0.15) is 0 Å². The zero-order chi connectivity index (χ0) is 16.8. The number of aromatic nitrogens is 1. The summed E-state index contributed by atoms with van der Waals surface area (Å²) in [7, 11) is 0. The summed E-state index contributed by atoms with van der Waals surface area (Å²) >= 11 is 1.26. The maximum Gasteiger partial charge on any atom is 0.230 e. The second-order valence-corrected chi connectivity index (χ2v) is 5.67. The fraction of sp³-hybridized carbons (Fsp3) is 0.200. The van der Waals surface area contributed by atoms with Crippen molar-refractivity contribution in [2.45, 2.75) is 20.3 Å². The standard InChI is InChI=1S/C15H16N4O3S/c1-9(20)16-11-4-3-5-12(6-11)18-14(22)7-13-8-23-15(19-13)17-10(2)21/h3-6,8H,7H2,1-2H3,(H,16,20)(H,18,22)(H,17,19,21). The van der Waals surface area contributed by atoms with Crippen LogP contribution in [-0.2, 0) is 20.8 Å². The van der Waals surface area contributed by atoms with Crippen LogP contribution in [0.15, 0.2) is 29.6 Å². The van der Waals surface area contributed by atoms with E-state index in [1.54, 1.807) is 29.6 Å². The van der Waals surface area contributed by atoms with Gasteiger partial charge in [0.05, 0.1) is 12.1 Å². The summed E-state index contributed by atoms with van der Waals surface area (Å²) in [5.41, 5.74) is 1.77. The summed E-state index contributed by atoms with van der Waals surface area (Å²) in [5, 5.41) is 10.1. The van der Waals surface area contributed by atoms with Crippen LogP contribution >= 0.6 is 11.3 Å². The average molecular weight is 332 g/mol. The number of nitrogens with one attached hydrogen (secondary N) is 3. The molecule has 0 bridgehead atoms. The van der Waals surface area contributed by atoms with Gasteiger partial charge in [0.25, 0.3) is 0 Å². The fourth-order valence-electron chi connectivity index (χ4n) is 1.84. The van der Waals surface area contributed by atoms with Crippen molar-refractivity contribution >= 4 is 45.6 Å². The van der Waals surface area contributed by atoms with Gasteiger partial charge >= 0.3 is 0 Å². The highest BCUT2D eigenvalue weighted by molar-refractivity contribution is 7.13. The van der Waals surface area contributed by atoms with Crippen molar-refractivity contribution in [2.24, 2.45) is 0 Å². The molecule has 0 spiro atoms. The molecule has 0 fully saturated rings. The van der Waals surface area contributed by atoms with E-state index < -0.39 is 0 Å². The first-order valence-corrected chi connectivity index (χ1v) is 7.70. The molecule has 0 unspecified atom stereocenters. The number of carbonyl (C=O) groups excluding carboxylic acids is 3. The van der Waals surface area contributed by atoms with E-state index in [0.717, 1.165) is 0 Å². The smallest absolute Gasteiger partial charge is 0.230 e. The van der Waals surface area contributed by atoms with Gasteiger partial charge in [-0.3, -0.25) is 14.4 Å². The minimum absolute atomic E-state index is 0.0977. The number of nitrogens with zero attached hydrogens (tertiary/aromatic N) is 1. The van der Waals surface area contributed by atoms with Gasteiger partial charge in [0, 0.05) is 30.6 Å². The SMILES string of the molecule is CC(=O)Nc1cccc(NC(=O)Cc2csc(NC(C)=O)n2)c1. The van der Waals surface area contributed by atoms with Crippen LogP contribution < -0.4 is 16.0 Å². The molecule has 0 saturated carbocycles. The van der Waals surface area contributed by atoms with Gasteiger partial charge in [-0.2, -0.15) is 0 Å². The van der Waals surface area contributed by atoms with Gasteiger partial charge in [0.2, 0.25) is 17.7 Å². The Morgan fingerprint density at radius 1 is 1.04 bits per heavy atom. The van der Waals surface area contributed by atoms with Gasteiger partial charge in [-0.25, -0.2) is 4.98 Å². The van der Waals surface area contributed by atoms with E-state index in [1.165, 1.54) is 25.2 Å². The lowest BCUT2D eigenvalue weighted by Crippen LogP contribution is -2.15. The number of hydrogen-bond acceptors (Lipinski definition) is 5. The molecule has 3 N–H and O–H groups in total. The molecule has 0 atom stereocenters. The van der Waals surface area contributed by atoms with Gasteiger partial charge in [0.15, 0.2) is 5.13 Å². The third kappa shape index (κ3) is 5.51. The van der Waals surface area contributed by atoms with Crippen molar-refractivity contribution in [2.75, 3.05) is 16.0 Å². The number of rotatable bonds is 5. The molecule has 1 heterocycles. The highest BCUT2D eigenvalue weighted by Gasteiger charge is 2.09. The summed E-state index contributed by atoms with van der Waals surface area (Å²) in [5.74, 6) is -0.615. The number of thiazole rings is 1. The summed E-state index contributed by atoms with van der Waals surface area (Å²) in [6.45, 7) is 2.82. The Hall–Kier alpha value is -2.74. The molecular formula is C15H16N4O3S. The molecule has 1 aromatic heterocycles. The fourth-order valence-corrected chi connectivity index (χ4v) is 2.60. The first-order valence-electron chi connectivity index (χ1n) is 6.82. The molecule has 2 rings (SSSR count). The van der Waals surface area contributed by atoms with Crippen molar-refractivity contribution in [1.82, 2.24) is 4.98 Å². The number of carbonyl (C=O) groups is 3. The van der Waals surface area contributed by atoms with Crippen LogP contribution in [0.3, 0.4) is 0 Å². The highest BCUT2D eigenvalue weighted by Crippen LogP contribution is 2.18. The summed E-state index contributed by atoms with van der Waals surface area (Å²) < 4.78 is 0. The quantitative estimate of drug-likeness (QED) is 0.781. The maximum atomic E-state index is 12.0. The Labute approximate surface area is 137 Å². The molecule has 8 heteroatoms. The third-order valence-electron chi connectivity index (χ3n) is 2.64. The van der Waals surface area contributed by atoms with Gasteiger partial charge in [-0.1, -0.05) is 6.07 Å². The number of benzene rings is 1. The lowest BCUT2D eigenvalue weighted by Gasteiger charge is -2.07. The third-order valence-corrected chi connectivity index (χ3v) is 3.45. The van der Waals surface area contributed by atoms with E-state index in [4.69, 9.17) is 0 Å². The molecule has 0 radical (unpaired) electrons. The number of anilines is 3. The second-order valence-electron chi connectivity index (χ2n) is 4.81. The first-order chi connectivity index (χ1) is 10.9. The lowest BCUT2D eigenvalue weighted by atomic mass is 10.2. The van der Waals surface area contributed by atoms with E-state index in [0.29, 0.717) is 22.2 Å². The van der Waals surface area contributed by atoms with E-state index in [9.17, 15) is 14.4 Å². The monoisotopic (exact) mass is 332 g/mol. The van der Waals surface area contributed by atoms with Crippen LogP contribution in [0.4, 0.5) is 16.5 Å². The van der Waals surface area contributed by atoms with Crippen molar-refractivity contribution in [3.8, 4) is 0 Å². The number of hydrogen-bond donors (Lipinski definition) is 3. The molecule has 2 aromatic rings. The van der Waals surface area contributed by atoms with Crippen LogP contribution in [-0.4, -0.2) is 22.7 Å². The summed E-state index contributed by atoms with van der Waals surface area (Å²) in [6.07, 6.45) is 0.0977. The highest BCUT2D eigenvalue weighted by atomic mass is 32.1. The molecule has 7 nitrogen and oxygen atoms in total. The van der Waals surface area contributed by atoms with Crippen LogP contribution in [0.5, 0.6) is 0 Å². The topological polar surface area (TPSA) is 100 Å². The summed E-state index contributed by atoms with van der Waals surface area (Å²) in [6, 6.07) is 6.87. The molecule has 0 aliphatic rings. The molecule has 0 aliphatic heterocycles. The second kappa shape index (κ2) is 7.50. The van der Waals surface area contributed by atoms with Gasteiger partial charge in [-0.15, -0.1) is 11.3 Å². The zero-order valence-corrected chi connectivity index (χ0v) is 13.5. The molecule has 0 saturated heterocycles. The maximum absolute atomic E-state index is 12.0. The Morgan fingerprint density at radius 3 is 2.35 bits per heavy atom. The minimum atomic E-state index is -0.232. The van der Waals surface area contributed by atoms with Gasteiger partial charge < -0.3 is 16.0 Å². The molecule has 0 aliphatic carbocycles. The Morgan fingerprint density at radius 2 is 1.70 bits per heavy atom. The largest absolute Gasteiger partial charge is 0.326 e. The van der Waals surface area contributed by atoms with Crippen molar-refractivity contribution < 1.29 is 14.4 Å². The summed E-state index contributed by atoms with van der Waals surface area (Å²) in [4.78, 5) is 38.2. The van der Waals surface area contributed by atoms with Crippen molar-refractivity contribution in [3.05, 3.63) is 35.3 Å². The van der Waals surface area contributed by atoms with Crippen LogP contribution in [0.25, 0.3) is 0 Å². The normalized spacial score (nSPS) is 10.0. The number of amides is 3. The lowest BCUT2D eigenvalue weighted by molar-refractivity contribution is -0.116. The van der Waals surface area contributed by atoms with E-state index in [2.05, 4.69) is 20.9 Å². The van der Waals surface area contributed by atoms with E-state index >= 15 is 0 Å². The van der Waals surface area contributed by atoms with E-state index in [1.807, 2.05) is 0 Å². The van der Waals surface area contributed by atoms with Crippen LogP contribution in [0, 0.1) is 0 Å². The minimum Gasteiger partial charge on any atom is -0.326 e. The molecule has 23 heavy (non-hydrogen) atoms. The average Bonchev–Trinajstić information content (AvgIpc) is 2.84. The van der Waals surface area contributed by atoms with Gasteiger partial charge in [-0.05, 0) is 18.2 Å². The van der Waals surface area contributed by atoms with Crippen LogP contribution in [0.2, 0.25) is 0 Å². The van der Waals surface area contributed by atoms with Crippen molar-refractivity contribution in [1.29, 1.82) is 0 Å². The Kier molecular flexibility index (Phi) is 5.42. The zero-order valence-electron chi connectivity index (χ0n) is 12.7. The Bertz CT molecular complexity index is 742. The molecule has 1 aromatic carbocycles. The molecular weight excluding hydrogens is 316 g/mol. The van der Waals surface area contributed by atoms with E-state index in [-0.39, 0.29) is 24.1 Å². The molecule has 3 amide bonds.